The quantitative estimate of drug-likeness (QED) is 0.742. The molecule has 0 bridgehead atoms. The number of nitrogen functional groups attached to an aromatic ring is 1. The van der Waals surface area contributed by atoms with E-state index in [-0.39, 0.29) is 17.2 Å². The molecule has 0 saturated heterocycles. The molecule has 0 aliphatic rings. The van der Waals surface area contributed by atoms with Crippen LogP contribution in [0.1, 0.15) is 29.9 Å². The number of Topliss-reactive ketones (excluding diaryl/α,β-unsaturated/α-hetero) is 1. The fraction of sp³-hybridized carbons (Fsp3) is 0.333. The minimum atomic E-state index is -3.04. The summed E-state index contributed by atoms with van der Waals surface area (Å²) in [6.07, 6.45) is 0. The topological polar surface area (TPSA) is 56.0 Å². The molecule has 0 radical (unpaired) electrons. The van der Waals surface area contributed by atoms with Gasteiger partial charge in [0.05, 0.1) is 5.56 Å². The number of carbonyl (C=O) groups excluding carboxylic acids is 1. The van der Waals surface area contributed by atoms with Crippen LogP contribution in [0.3, 0.4) is 0 Å². The first kappa shape index (κ1) is 10.6. The van der Waals surface area contributed by atoms with Gasteiger partial charge in [-0.1, -0.05) is 0 Å². The summed E-state index contributed by atoms with van der Waals surface area (Å²) in [6, 6.07) is 2.37. The van der Waals surface area contributed by atoms with E-state index in [2.05, 4.69) is 4.98 Å². The lowest BCUT2D eigenvalue weighted by Gasteiger charge is -2.10. The highest BCUT2D eigenvalue weighted by Crippen LogP contribution is 2.26. The van der Waals surface area contributed by atoms with Crippen LogP contribution >= 0.6 is 0 Å². The predicted molar refractivity (Wildman–Crippen MR) is 48.2 cm³/mol. The second-order valence-corrected chi connectivity index (χ2v) is 3.07. The number of carbonyl (C=O) groups is 1. The van der Waals surface area contributed by atoms with Crippen molar-refractivity contribution in [3.63, 3.8) is 0 Å². The van der Waals surface area contributed by atoms with Gasteiger partial charge in [-0.05, 0) is 19.1 Å². The molecule has 1 aromatic rings. The Labute approximate surface area is 79.9 Å². The number of hydrogen-bond acceptors (Lipinski definition) is 3. The Morgan fingerprint density at radius 3 is 2.43 bits per heavy atom. The molecule has 14 heavy (non-hydrogen) atoms. The fourth-order valence-corrected chi connectivity index (χ4v) is 1.02. The average Bonchev–Trinajstić information content (AvgIpc) is 2.01. The van der Waals surface area contributed by atoms with Gasteiger partial charge in [0.2, 0.25) is 0 Å². The Bertz CT molecular complexity index is 372. The van der Waals surface area contributed by atoms with Gasteiger partial charge in [0, 0.05) is 6.92 Å². The lowest BCUT2D eigenvalue weighted by Crippen LogP contribution is -2.13. The second-order valence-electron chi connectivity index (χ2n) is 3.07. The van der Waals surface area contributed by atoms with Crippen molar-refractivity contribution in [2.24, 2.45) is 0 Å². The lowest BCUT2D eigenvalue weighted by molar-refractivity contribution is 0.0129. The molecule has 0 fully saturated rings. The summed E-state index contributed by atoms with van der Waals surface area (Å²) in [6.45, 7) is 2.03. The SMILES string of the molecule is CC(=O)c1ccc(C(C)(F)F)nc1N. The van der Waals surface area contributed by atoms with Gasteiger partial charge in [-0.15, -0.1) is 0 Å². The summed E-state index contributed by atoms with van der Waals surface area (Å²) >= 11 is 0. The van der Waals surface area contributed by atoms with Crippen molar-refractivity contribution in [2.45, 2.75) is 19.8 Å². The molecule has 0 unspecified atom stereocenters. The molecule has 0 aliphatic carbocycles. The van der Waals surface area contributed by atoms with Gasteiger partial charge < -0.3 is 5.73 Å². The van der Waals surface area contributed by atoms with Crippen molar-refractivity contribution in [3.8, 4) is 0 Å². The number of rotatable bonds is 2. The van der Waals surface area contributed by atoms with Gasteiger partial charge in [-0.2, -0.15) is 8.78 Å². The number of halogens is 2. The first-order valence-electron chi connectivity index (χ1n) is 3.98. The normalized spacial score (nSPS) is 11.4. The molecule has 0 spiro atoms. The maximum absolute atomic E-state index is 12.8. The average molecular weight is 200 g/mol. The molecular weight excluding hydrogens is 190 g/mol. The number of anilines is 1. The van der Waals surface area contributed by atoms with E-state index in [1.165, 1.54) is 13.0 Å². The van der Waals surface area contributed by atoms with E-state index in [1.54, 1.807) is 0 Å². The summed E-state index contributed by atoms with van der Waals surface area (Å²) in [5.41, 5.74) is 5.09. The van der Waals surface area contributed by atoms with Crippen molar-refractivity contribution < 1.29 is 13.6 Å². The molecule has 1 heterocycles. The zero-order valence-corrected chi connectivity index (χ0v) is 7.84. The molecule has 0 atom stereocenters. The summed E-state index contributed by atoms with van der Waals surface area (Å²) in [7, 11) is 0. The van der Waals surface area contributed by atoms with E-state index in [0.29, 0.717) is 0 Å². The molecule has 0 aromatic carbocycles. The van der Waals surface area contributed by atoms with Crippen LogP contribution in [0.5, 0.6) is 0 Å². The zero-order valence-electron chi connectivity index (χ0n) is 7.84. The highest BCUT2D eigenvalue weighted by atomic mass is 19.3. The third kappa shape index (κ3) is 2.04. The first-order valence-corrected chi connectivity index (χ1v) is 3.98. The van der Waals surface area contributed by atoms with Crippen LogP contribution in [0.2, 0.25) is 0 Å². The Hall–Kier alpha value is -1.52. The standard InChI is InChI=1S/C9H10F2N2O/c1-5(14)6-3-4-7(9(2,10)11)13-8(6)12/h3-4H,1-2H3,(H2,12,13). The fourth-order valence-electron chi connectivity index (χ4n) is 1.02. The van der Waals surface area contributed by atoms with Crippen molar-refractivity contribution in [3.05, 3.63) is 23.4 Å². The van der Waals surface area contributed by atoms with Crippen molar-refractivity contribution in [2.75, 3.05) is 5.73 Å². The van der Waals surface area contributed by atoms with E-state index in [1.807, 2.05) is 0 Å². The third-order valence-corrected chi connectivity index (χ3v) is 1.75. The van der Waals surface area contributed by atoms with Crippen molar-refractivity contribution in [1.29, 1.82) is 0 Å². The van der Waals surface area contributed by atoms with Gasteiger partial charge in [0.1, 0.15) is 11.5 Å². The van der Waals surface area contributed by atoms with Crippen LogP contribution in [-0.4, -0.2) is 10.8 Å². The third-order valence-electron chi connectivity index (χ3n) is 1.75. The molecule has 5 heteroatoms. The Balaban J connectivity index is 3.20. The summed E-state index contributed by atoms with van der Waals surface area (Å²) in [5, 5.41) is 0. The smallest absolute Gasteiger partial charge is 0.287 e. The van der Waals surface area contributed by atoms with Crippen LogP contribution in [-0.2, 0) is 5.92 Å². The molecule has 1 aromatic heterocycles. The van der Waals surface area contributed by atoms with E-state index in [9.17, 15) is 13.6 Å². The highest BCUT2D eigenvalue weighted by molar-refractivity contribution is 5.98. The molecule has 0 saturated carbocycles. The highest BCUT2D eigenvalue weighted by Gasteiger charge is 2.26. The molecule has 76 valence electrons. The molecular formula is C9H10F2N2O. The van der Waals surface area contributed by atoms with Crippen LogP contribution in [0.4, 0.5) is 14.6 Å². The number of pyridine rings is 1. The Kier molecular flexibility index (Phi) is 2.51. The van der Waals surface area contributed by atoms with Crippen LogP contribution in [0, 0.1) is 0 Å². The van der Waals surface area contributed by atoms with Crippen molar-refractivity contribution in [1.82, 2.24) is 4.98 Å². The second kappa shape index (κ2) is 3.32. The number of nitrogens with two attached hydrogens (primary N) is 1. The van der Waals surface area contributed by atoms with Gasteiger partial charge in [0.15, 0.2) is 5.78 Å². The number of hydrogen-bond donors (Lipinski definition) is 1. The van der Waals surface area contributed by atoms with E-state index < -0.39 is 11.6 Å². The lowest BCUT2D eigenvalue weighted by atomic mass is 10.1. The van der Waals surface area contributed by atoms with E-state index in [0.717, 1.165) is 13.0 Å². The van der Waals surface area contributed by atoms with E-state index in [4.69, 9.17) is 5.73 Å². The Morgan fingerprint density at radius 1 is 1.50 bits per heavy atom. The molecule has 0 aliphatic heterocycles. The van der Waals surface area contributed by atoms with Crippen LogP contribution in [0.15, 0.2) is 12.1 Å². The number of ketones is 1. The number of alkyl halides is 2. The predicted octanol–water partition coefficient (Wildman–Crippen LogP) is 1.98. The summed E-state index contributed by atoms with van der Waals surface area (Å²) in [4.78, 5) is 14.4. The molecule has 2 N–H and O–H groups in total. The summed E-state index contributed by atoms with van der Waals surface area (Å²) in [5.74, 6) is -3.49. The first-order chi connectivity index (χ1) is 6.32. The van der Waals surface area contributed by atoms with Gasteiger partial charge >= 0.3 is 0 Å². The maximum Gasteiger partial charge on any atom is 0.287 e. The molecule has 1 rings (SSSR count). The van der Waals surface area contributed by atoms with Gasteiger partial charge in [-0.25, -0.2) is 4.98 Å². The zero-order chi connectivity index (χ0) is 10.9. The minimum absolute atomic E-state index is 0.156. The van der Waals surface area contributed by atoms with Crippen LogP contribution in [0.25, 0.3) is 0 Å². The number of aromatic nitrogens is 1. The van der Waals surface area contributed by atoms with Gasteiger partial charge in [0.25, 0.3) is 5.92 Å². The number of nitrogens with zero attached hydrogens (tertiary/aromatic N) is 1. The molecule has 3 nitrogen and oxygen atoms in total. The van der Waals surface area contributed by atoms with Crippen molar-refractivity contribution >= 4 is 11.6 Å². The molecule has 0 amide bonds. The Morgan fingerprint density at radius 2 is 2.07 bits per heavy atom. The van der Waals surface area contributed by atoms with E-state index >= 15 is 0 Å². The van der Waals surface area contributed by atoms with Crippen LogP contribution < -0.4 is 5.73 Å². The largest absolute Gasteiger partial charge is 0.383 e. The summed E-state index contributed by atoms with van der Waals surface area (Å²) < 4.78 is 25.5. The maximum atomic E-state index is 12.8. The monoisotopic (exact) mass is 200 g/mol. The minimum Gasteiger partial charge on any atom is -0.383 e. The van der Waals surface area contributed by atoms with Gasteiger partial charge in [-0.3, -0.25) is 4.79 Å².